The Hall–Kier alpha value is 0.440. The van der Waals surface area contributed by atoms with E-state index < -0.39 is 0 Å². The summed E-state index contributed by atoms with van der Waals surface area (Å²) in [5.41, 5.74) is 0. The van der Waals surface area contributed by atoms with E-state index in [1.54, 1.807) is 4.24 Å². The highest BCUT2D eigenvalue weighted by molar-refractivity contribution is 8.22. The van der Waals surface area contributed by atoms with Gasteiger partial charge in [-0.1, -0.05) is 39.2 Å². The van der Waals surface area contributed by atoms with Gasteiger partial charge in [0.15, 0.2) is 0 Å². The van der Waals surface area contributed by atoms with Gasteiger partial charge in [-0.2, -0.15) is 0 Å². The molecule has 0 unspecified atom stereocenters. The first-order valence-electron chi connectivity index (χ1n) is 5.84. The largest absolute Gasteiger partial charge is 0.120 e. The Balaban J connectivity index is 2.41. The van der Waals surface area contributed by atoms with Gasteiger partial charge in [-0.3, -0.25) is 0 Å². The number of rotatable bonds is 5. The molecular weight excluding hydrogens is 208 g/mol. The van der Waals surface area contributed by atoms with Crippen LogP contribution in [0.15, 0.2) is 10.3 Å². The van der Waals surface area contributed by atoms with Crippen molar-refractivity contribution in [1.82, 2.24) is 0 Å². The summed E-state index contributed by atoms with van der Waals surface area (Å²) in [5, 5.41) is 0. The van der Waals surface area contributed by atoms with Gasteiger partial charge in [0, 0.05) is 4.24 Å². The number of hydrogen-bond donors (Lipinski definition) is 0. The molecule has 1 saturated carbocycles. The summed E-state index contributed by atoms with van der Waals surface area (Å²) in [6, 6.07) is 0. The number of hydrogen-bond acceptors (Lipinski definition) is 2. The highest BCUT2D eigenvalue weighted by atomic mass is 32.2. The minimum absolute atomic E-state index is 0.886. The third-order valence-electron chi connectivity index (χ3n) is 2.59. The predicted molar refractivity (Wildman–Crippen MR) is 70.9 cm³/mol. The van der Waals surface area contributed by atoms with Gasteiger partial charge in [-0.15, -0.1) is 23.5 Å². The minimum atomic E-state index is 0.886. The smallest absolute Gasteiger partial charge is 0.0363 e. The summed E-state index contributed by atoms with van der Waals surface area (Å²) < 4.78 is 1.57. The molecule has 1 fully saturated rings. The fourth-order valence-electron chi connectivity index (χ4n) is 1.92. The average Bonchev–Trinajstić information content (AvgIpc) is 2.20. The lowest BCUT2D eigenvalue weighted by molar-refractivity contribution is 0.419. The van der Waals surface area contributed by atoms with Gasteiger partial charge >= 0.3 is 0 Å². The van der Waals surface area contributed by atoms with Crippen molar-refractivity contribution in [3.63, 3.8) is 0 Å². The van der Waals surface area contributed by atoms with E-state index in [4.69, 9.17) is 0 Å². The second-order valence-electron chi connectivity index (χ2n) is 3.75. The van der Waals surface area contributed by atoms with Crippen LogP contribution in [0.3, 0.4) is 0 Å². The van der Waals surface area contributed by atoms with Crippen LogP contribution in [0.4, 0.5) is 0 Å². The molecule has 1 rings (SSSR count). The molecule has 82 valence electrons. The van der Waals surface area contributed by atoms with Crippen LogP contribution in [0.2, 0.25) is 0 Å². The monoisotopic (exact) mass is 230 g/mol. The van der Waals surface area contributed by atoms with E-state index in [0.29, 0.717) is 0 Å². The Labute approximate surface area is 97.3 Å². The maximum absolute atomic E-state index is 2.54. The van der Waals surface area contributed by atoms with Gasteiger partial charge in [0.1, 0.15) is 0 Å². The van der Waals surface area contributed by atoms with E-state index in [-0.39, 0.29) is 0 Å². The predicted octanol–water partition coefficient (Wildman–Crippen LogP) is 4.91. The molecule has 0 saturated heterocycles. The second-order valence-corrected chi connectivity index (χ2v) is 6.62. The van der Waals surface area contributed by atoms with Crippen molar-refractivity contribution in [2.45, 2.75) is 46.0 Å². The average molecular weight is 230 g/mol. The Morgan fingerprint density at radius 3 is 2.14 bits per heavy atom. The minimum Gasteiger partial charge on any atom is -0.120 e. The zero-order chi connectivity index (χ0) is 10.2. The lowest BCUT2D eigenvalue weighted by Crippen LogP contribution is -2.03. The molecule has 0 aliphatic heterocycles. The molecule has 1 aliphatic rings. The highest BCUT2D eigenvalue weighted by Crippen LogP contribution is 2.33. The first-order chi connectivity index (χ1) is 6.86. The van der Waals surface area contributed by atoms with Gasteiger partial charge in [0.05, 0.1) is 0 Å². The third kappa shape index (κ3) is 4.79. The van der Waals surface area contributed by atoms with Crippen LogP contribution in [0, 0.1) is 5.92 Å². The lowest BCUT2D eigenvalue weighted by Gasteiger charge is -2.19. The molecule has 0 bridgehead atoms. The van der Waals surface area contributed by atoms with E-state index in [2.05, 4.69) is 19.9 Å². The zero-order valence-corrected chi connectivity index (χ0v) is 11.1. The summed E-state index contributed by atoms with van der Waals surface area (Å²) >= 11 is 4.04. The molecule has 0 amide bonds. The molecule has 0 aromatic carbocycles. The summed E-state index contributed by atoms with van der Waals surface area (Å²) in [6.07, 6.45) is 9.75. The molecule has 0 spiro atoms. The summed E-state index contributed by atoms with van der Waals surface area (Å²) in [7, 11) is 0. The summed E-state index contributed by atoms with van der Waals surface area (Å²) in [4.78, 5) is 0. The first kappa shape index (κ1) is 12.5. The Morgan fingerprint density at radius 1 is 1.07 bits per heavy atom. The van der Waals surface area contributed by atoms with E-state index in [1.165, 1.54) is 43.6 Å². The van der Waals surface area contributed by atoms with E-state index in [0.717, 1.165) is 5.92 Å². The van der Waals surface area contributed by atoms with Crippen molar-refractivity contribution in [2.24, 2.45) is 5.92 Å². The van der Waals surface area contributed by atoms with Crippen LogP contribution in [0.5, 0.6) is 0 Å². The fraction of sp³-hybridized carbons (Fsp3) is 0.833. The van der Waals surface area contributed by atoms with Gasteiger partial charge in [-0.05, 0) is 30.3 Å². The van der Waals surface area contributed by atoms with E-state index >= 15 is 0 Å². The standard InChI is InChI=1S/C12H22S2/c1-3-13-12(14-4-2)10-11-8-6-5-7-9-11/h10-11H,3-9H2,1-2H3. The lowest BCUT2D eigenvalue weighted by atomic mass is 9.90. The maximum atomic E-state index is 2.54. The molecule has 0 atom stereocenters. The van der Waals surface area contributed by atoms with Crippen LogP contribution >= 0.6 is 23.5 Å². The quantitative estimate of drug-likeness (QED) is 0.658. The molecule has 0 aromatic heterocycles. The normalized spacial score (nSPS) is 18.1. The molecule has 0 N–H and O–H groups in total. The third-order valence-corrected chi connectivity index (χ3v) is 4.72. The fourth-order valence-corrected chi connectivity index (χ4v) is 4.10. The molecule has 0 aromatic rings. The Kier molecular flexibility index (Phi) is 6.88. The van der Waals surface area contributed by atoms with Gasteiger partial charge in [-0.25, -0.2) is 0 Å². The molecule has 0 radical (unpaired) electrons. The zero-order valence-electron chi connectivity index (χ0n) is 9.42. The molecule has 0 heterocycles. The van der Waals surface area contributed by atoms with Crippen LogP contribution < -0.4 is 0 Å². The first-order valence-corrected chi connectivity index (χ1v) is 7.81. The Morgan fingerprint density at radius 2 is 1.64 bits per heavy atom. The number of allylic oxidation sites excluding steroid dienone is 1. The van der Waals surface area contributed by atoms with Crippen molar-refractivity contribution < 1.29 is 0 Å². The summed E-state index contributed by atoms with van der Waals surface area (Å²) in [6.45, 7) is 4.49. The van der Waals surface area contributed by atoms with Crippen LogP contribution in [0.25, 0.3) is 0 Å². The maximum Gasteiger partial charge on any atom is 0.0363 e. The molecule has 14 heavy (non-hydrogen) atoms. The van der Waals surface area contributed by atoms with Crippen LogP contribution in [-0.2, 0) is 0 Å². The topological polar surface area (TPSA) is 0 Å². The van der Waals surface area contributed by atoms with E-state index in [1.807, 2.05) is 23.5 Å². The molecule has 1 aliphatic carbocycles. The highest BCUT2D eigenvalue weighted by Gasteiger charge is 2.11. The molecule has 0 nitrogen and oxygen atoms in total. The van der Waals surface area contributed by atoms with Gasteiger partial charge in [0.2, 0.25) is 0 Å². The second kappa shape index (κ2) is 7.70. The SMILES string of the molecule is CCSC(=CC1CCCCC1)SCC. The van der Waals surface area contributed by atoms with Crippen molar-refractivity contribution in [3.05, 3.63) is 10.3 Å². The van der Waals surface area contributed by atoms with Crippen molar-refractivity contribution in [1.29, 1.82) is 0 Å². The van der Waals surface area contributed by atoms with Crippen LogP contribution in [-0.4, -0.2) is 11.5 Å². The van der Waals surface area contributed by atoms with Gasteiger partial charge in [0.25, 0.3) is 0 Å². The van der Waals surface area contributed by atoms with Gasteiger partial charge < -0.3 is 0 Å². The molecular formula is C12H22S2. The van der Waals surface area contributed by atoms with Crippen molar-refractivity contribution >= 4 is 23.5 Å². The number of thioether (sulfide) groups is 2. The van der Waals surface area contributed by atoms with Crippen molar-refractivity contribution in [3.8, 4) is 0 Å². The van der Waals surface area contributed by atoms with E-state index in [9.17, 15) is 0 Å². The summed E-state index contributed by atoms with van der Waals surface area (Å²) in [5.74, 6) is 3.31. The van der Waals surface area contributed by atoms with Crippen molar-refractivity contribution in [2.75, 3.05) is 11.5 Å². The Bertz CT molecular complexity index is 161. The molecule has 2 heteroatoms. The van der Waals surface area contributed by atoms with Crippen LogP contribution in [0.1, 0.15) is 46.0 Å².